The summed E-state index contributed by atoms with van der Waals surface area (Å²) in [6, 6.07) is 3.93. The number of fused-ring (bicyclic) bond motifs is 2. The van der Waals surface area contributed by atoms with Gasteiger partial charge >= 0.3 is 0 Å². The van der Waals surface area contributed by atoms with Crippen molar-refractivity contribution in [3.05, 3.63) is 59.6 Å². The summed E-state index contributed by atoms with van der Waals surface area (Å²) in [4.78, 5) is 25.3. The number of hydrogen-bond acceptors (Lipinski definition) is 9. The highest BCUT2D eigenvalue weighted by molar-refractivity contribution is 6.15. The number of piperazine rings is 1. The van der Waals surface area contributed by atoms with E-state index < -0.39 is 5.82 Å². The Morgan fingerprint density at radius 2 is 1.82 bits per heavy atom. The van der Waals surface area contributed by atoms with Crippen molar-refractivity contribution >= 4 is 28.2 Å². The molecule has 2 saturated heterocycles. The number of rotatable bonds is 5. The number of hydrogen-bond donors (Lipinski definition) is 2. The van der Waals surface area contributed by atoms with Crippen LogP contribution in [0.15, 0.2) is 41.9 Å². The van der Waals surface area contributed by atoms with E-state index in [1.54, 1.807) is 12.4 Å². The molecular formula is C28H31FN10. The molecule has 0 radical (unpaired) electrons. The molecule has 0 unspecified atom stereocenters. The number of amidine groups is 1. The van der Waals surface area contributed by atoms with Crippen LogP contribution in [0.25, 0.3) is 22.2 Å². The van der Waals surface area contributed by atoms with E-state index in [1.165, 1.54) is 12.8 Å². The summed E-state index contributed by atoms with van der Waals surface area (Å²) in [7, 11) is 2.14. The maximum atomic E-state index is 16.1. The van der Waals surface area contributed by atoms with Crippen molar-refractivity contribution in [2.45, 2.75) is 25.9 Å². The molecule has 0 spiro atoms. The Hall–Kier alpha value is -3.96. The first-order valence-electron chi connectivity index (χ1n) is 13.6. The van der Waals surface area contributed by atoms with Gasteiger partial charge in [-0.15, -0.1) is 0 Å². The molecule has 0 amide bonds. The Balaban J connectivity index is 1.20. The van der Waals surface area contributed by atoms with E-state index >= 15 is 4.39 Å². The monoisotopic (exact) mass is 526 g/mol. The summed E-state index contributed by atoms with van der Waals surface area (Å²) in [5.74, 6) is 1.06. The topological polar surface area (TPSA) is 101 Å². The summed E-state index contributed by atoms with van der Waals surface area (Å²) >= 11 is 0. The van der Waals surface area contributed by atoms with Crippen LogP contribution in [0.3, 0.4) is 0 Å². The number of likely N-dealkylation sites (N-methyl/N-ethyl adjacent to an activating group) is 1. The molecule has 0 aliphatic carbocycles. The van der Waals surface area contributed by atoms with E-state index in [4.69, 9.17) is 4.99 Å². The summed E-state index contributed by atoms with van der Waals surface area (Å²) in [5.41, 5.74) is 4.92. The van der Waals surface area contributed by atoms with Crippen LogP contribution in [-0.4, -0.2) is 87.1 Å². The molecule has 2 N–H and O–H groups in total. The van der Waals surface area contributed by atoms with Crippen LogP contribution in [0.2, 0.25) is 0 Å². The van der Waals surface area contributed by atoms with Gasteiger partial charge in [0.1, 0.15) is 17.2 Å². The second kappa shape index (κ2) is 9.97. The van der Waals surface area contributed by atoms with E-state index in [-0.39, 0.29) is 5.69 Å². The molecule has 4 aromatic rings. The molecule has 0 saturated carbocycles. The van der Waals surface area contributed by atoms with Crippen molar-refractivity contribution in [3.8, 4) is 11.3 Å². The Morgan fingerprint density at radius 3 is 2.67 bits per heavy atom. The quantitative estimate of drug-likeness (QED) is 0.409. The third kappa shape index (κ3) is 4.51. The molecule has 2 fully saturated rings. The fourth-order valence-electron chi connectivity index (χ4n) is 5.75. The molecule has 7 heterocycles. The van der Waals surface area contributed by atoms with Crippen molar-refractivity contribution in [2.75, 3.05) is 56.5 Å². The van der Waals surface area contributed by atoms with Gasteiger partial charge in [-0.05, 0) is 50.7 Å². The van der Waals surface area contributed by atoms with Gasteiger partial charge in [0.2, 0.25) is 0 Å². The maximum Gasteiger partial charge on any atom is 0.161 e. The van der Waals surface area contributed by atoms with Crippen LogP contribution in [0.4, 0.5) is 15.9 Å². The van der Waals surface area contributed by atoms with E-state index in [1.807, 2.05) is 24.5 Å². The van der Waals surface area contributed by atoms with Crippen LogP contribution in [0.1, 0.15) is 29.7 Å². The van der Waals surface area contributed by atoms with E-state index in [2.05, 4.69) is 52.2 Å². The van der Waals surface area contributed by atoms with Crippen molar-refractivity contribution in [2.24, 2.45) is 4.99 Å². The fourth-order valence-corrected chi connectivity index (χ4v) is 5.75. The van der Waals surface area contributed by atoms with Crippen LogP contribution in [-0.2, 0) is 13.1 Å². The van der Waals surface area contributed by atoms with E-state index in [0.717, 1.165) is 68.4 Å². The third-order valence-electron chi connectivity index (χ3n) is 7.93. The zero-order valence-electron chi connectivity index (χ0n) is 22.0. The van der Waals surface area contributed by atoms with Gasteiger partial charge in [0.15, 0.2) is 11.7 Å². The number of H-pyrrole nitrogens is 1. The van der Waals surface area contributed by atoms with Crippen molar-refractivity contribution in [1.82, 2.24) is 34.9 Å². The lowest BCUT2D eigenvalue weighted by Crippen LogP contribution is -2.45. The van der Waals surface area contributed by atoms with Crippen LogP contribution in [0, 0.1) is 5.82 Å². The molecule has 3 aliphatic rings. The number of aliphatic imine (C=N–C) groups is 1. The molecule has 4 aromatic heterocycles. The van der Waals surface area contributed by atoms with Gasteiger partial charge in [0, 0.05) is 62.4 Å². The van der Waals surface area contributed by atoms with Gasteiger partial charge in [-0.1, -0.05) is 0 Å². The minimum absolute atomic E-state index is 0.263. The molecule has 39 heavy (non-hydrogen) atoms. The molecule has 200 valence electrons. The van der Waals surface area contributed by atoms with E-state index in [9.17, 15) is 0 Å². The Morgan fingerprint density at radius 1 is 0.974 bits per heavy atom. The second-order valence-corrected chi connectivity index (χ2v) is 10.6. The highest BCUT2D eigenvalue weighted by atomic mass is 19.1. The smallest absolute Gasteiger partial charge is 0.161 e. The largest absolute Gasteiger partial charge is 0.354 e. The SMILES string of the molecule is CN1CCN(c2nccc3c2CN=C(c2n[nH]c4cnc(-c5cncc(CN6CCCC6)c5)c(F)c24)N3)CC1. The zero-order valence-corrected chi connectivity index (χ0v) is 22.0. The molecular weight excluding hydrogens is 495 g/mol. The second-order valence-electron chi connectivity index (χ2n) is 10.6. The molecule has 7 rings (SSSR count). The Labute approximate surface area is 226 Å². The number of likely N-dealkylation sites (tertiary alicyclic amines) is 1. The predicted octanol–water partition coefficient (Wildman–Crippen LogP) is 3.27. The first-order chi connectivity index (χ1) is 19.1. The number of halogens is 1. The lowest BCUT2D eigenvalue weighted by atomic mass is 10.1. The Bertz CT molecular complexity index is 1550. The number of pyridine rings is 3. The number of aromatic nitrogens is 5. The Kier molecular flexibility index (Phi) is 6.16. The highest BCUT2D eigenvalue weighted by Gasteiger charge is 2.26. The fraction of sp³-hybridized carbons (Fsp3) is 0.393. The van der Waals surface area contributed by atoms with Crippen LogP contribution >= 0.6 is 0 Å². The zero-order chi connectivity index (χ0) is 26.3. The summed E-state index contributed by atoms with van der Waals surface area (Å²) in [6.45, 7) is 7.29. The van der Waals surface area contributed by atoms with Gasteiger partial charge in [-0.25, -0.2) is 9.37 Å². The van der Waals surface area contributed by atoms with E-state index in [0.29, 0.717) is 34.5 Å². The van der Waals surface area contributed by atoms with Gasteiger partial charge in [-0.2, -0.15) is 5.10 Å². The lowest BCUT2D eigenvalue weighted by molar-refractivity contribution is 0.312. The minimum Gasteiger partial charge on any atom is -0.354 e. The summed E-state index contributed by atoms with van der Waals surface area (Å²) < 4.78 is 16.1. The first-order valence-corrected chi connectivity index (χ1v) is 13.6. The number of nitrogens with zero attached hydrogens (tertiary/aromatic N) is 8. The van der Waals surface area contributed by atoms with Gasteiger partial charge < -0.3 is 15.1 Å². The third-order valence-corrected chi connectivity index (χ3v) is 7.93. The first kappa shape index (κ1) is 24.1. The average molecular weight is 527 g/mol. The van der Waals surface area contributed by atoms with Crippen molar-refractivity contribution in [1.29, 1.82) is 0 Å². The van der Waals surface area contributed by atoms with Gasteiger partial charge in [-0.3, -0.25) is 25.0 Å². The van der Waals surface area contributed by atoms with Crippen LogP contribution < -0.4 is 10.2 Å². The molecule has 10 nitrogen and oxygen atoms in total. The number of nitrogens with one attached hydrogen (secondary N) is 2. The predicted molar refractivity (Wildman–Crippen MR) is 149 cm³/mol. The van der Waals surface area contributed by atoms with Gasteiger partial charge in [0.05, 0.1) is 29.3 Å². The molecule has 0 atom stereocenters. The summed E-state index contributed by atoms with van der Waals surface area (Å²) in [5, 5.41) is 11.1. The van der Waals surface area contributed by atoms with Crippen LogP contribution in [0.5, 0.6) is 0 Å². The maximum absolute atomic E-state index is 16.1. The minimum atomic E-state index is -0.431. The molecule has 0 aromatic carbocycles. The number of anilines is 2. The average Bonchev–Trinajstić information content (AvgIpc) is 3.64. The van der Waals surface area contributed by atoms with Crippen molar-refractivity contribution in [3.63, 3.8) is 0 Å². The normalized spacial score (nSPS) is 18.3. The molecule has 0 bridgehead atoms. The lowest BCUT2D eigenvalue weighted by Gasteiger charge is -2.35. The molecule has 3 aliphatic heterocycles. The standard InChI is InChI=1S/C28H31FN10/c1-37-8-10-39(11-9-37)28-20-15-33-27(34-21(20)4-5-31-28)26-23-22(35-36-26)16-32-25(24(23)29)19-12-18(13-30-14-19)17-38-6-2-3-7-38/h4-5,12-14,16H,2-3,6-11,15,17H2,1H3,(H,33,34)(H,35,36). The van der Waals surface area contributed by atoms with Crippen molar-refractivity contribution < 1.29 is 4.39 Å². The summed E-state index contributed by atoms with van der Waals surface area (Å²) in [6.07, 6.45) is 9.41. The number of aromatic amines is 1. The molecule has 11 heteroatoms. The highest BCUT2D eigenvalue weighted by Crippen LogP contribution is 2.33. The van der Waals surface area contributed by atoms with Gasteiger partial charge in [0.25, 0.3) is 0 Å².